The average Bonchev–Trinajstić information content (AvgIpc) is 2.61. The SMILES string of the molecule is [CH2]CCN1CN(Cc2ccc(Cl)cc2)C(Cl)=C1Cl. The lowest BCUT2D eigenvalue weighted by molar-refractivity contribution is 0.255. The molecule has 1 aromatic rings. The minimum atomic E-state index is 0.597. The number of halogens is 3. The molecule has 2 rings (SSSR count). The fraction of sp³-hybridized carbons (Fsp3) is 0.308. The summed E-state index contributed by atoms with van der Waals surface area (Å²) in [6.07, 6.45) is 0.801. The molecule has 18 heavy (non-hydrogen) atoms. The molecule has 0 atom stereocenters. The Labute approximate surface area is 123 Å². The lowest BCUT2D eigenvalue weighted by atomic mass is 10.2. The molecule has 0 bridgehead atoms. The van der Waals surface area contributed by atoms with Crippen LogP contribution in [0.4, 0.5) is 0 Å². The van der Waals surface area contributed by atoms with Crippen LogP contribution in [0.3, 0.4) is 0 Å². The zero-order valence-electron chi connectivity index (χ0n) is 9.87. The molecule has 0 fully saturated rings. The highest BCUT2D eigenvalue weighted by Crippen LogP contribution is 2.30. The van der Waals surface area contributed by atoms with Crippen molar-refractivity contribution in [1.29, 1.82) is 0 Å². The van der Waals surface area contributed by atoms with Gasteiger partial charge < -0.3 is 9.80 Å². The topological polar surface area (TPSA) is 6.48 Å². The van der Waals surface area contributed by atoms with Crippen molar-refractivity contribution < 1.29 is 0 Å². The predicted octanol–water partition coefficient (Wildman–Crippen LogP) is 4.24. The van der Waals surface area contributed by atoms with Crippen molar-refractivity contribution in [3.63, 3.8) is 0 Å². The Morgan fingerprint density at radius 3 is 2.22 bits per heavy atom. The lowest BCUT2D eigenvalue weighted by Crippen LogP contribution is -2.27. The monoisotopic (exact) mass is 303 g/mol. The van der Waals surface area contributed by atoms with E-state index < -0.39 is 0 Å². The van der Waals surface area contributed by atoms with Crippen LogP contribution in [0, 0.1) is 6.92 Å². The van der Waals surface area contributed by atoms with Crippen molar-refractivity contribution in [3.05, 3.63) is 52.1 Å². The van der Waals surface area contributed by atoms with Gasteiger partial charge in [0, 0.05) is 18.1 Å². The van der Waals surface area contributed by atoms with Crippen LogP contribution < -0.4 is 0 Å². The zero-order chi connectivity index (χ0) is 13.1. The van der Waals surface area contributed by atoms with E-state index in [-0.39, 0.29) is 0 Å². The van der Waals surface area contributed by atoms with Gasteiger partial charge in [-0.2, -0.15) is 0 Å². The molecule has 97 valence electrons. The Balaban J connectivity index is 2.05. The van der Waals surface area contributed by atoms with E-state index in [4.69, 9.17) is 34.8 Å². The molecular formula is C13H14Cl3N2. The van der Waals surface area contributed by atoms with Gasteiger partial charge in [0.05, 0.1) is 6.67 Å². The Morgan fingerprint density at radius 2 is 1.61 bits per heavy atom. The molecule has 1 aliphatic heterocycles. The van der Waals surface area contributed by atoms with Crippen molar-refractivity contribution in [2.24, 2.45) is 0 Å². The molecular weight excluding hydrogens is 291 g/mol. The van der Waals surface area contributed by atoms with Crippen LogP contribution >= 0.6 is 34.8 Å². The van der Waals surface area contributed by atoms with Crippen molar-refractivity contribution in [2.45, 2.75) is 13.0 Å². The molecule has 0 aromatic heterocycles. The summed E-state index contributed by atoms with van der Waals surface area (Å²) in [5, 5.41) is 1.94. The molecule has 0 N–H and O–H groups in total. The first kappa shape index (κ1) is 13.9. The van der Waals surface area contributed by atoms with Crippen molar-refractivity contribution >= 4 is 34.8 Å². The van der Waals surface area contributed by atoms with Crippen molar-refractivity contribution in [1.82, 2.24) is 9.80 Å². The number of hydrogen-bond donors (Lipinski definition) is 0. The normalized spacial score (nSPS) is 15.8. The minimum absolute atomic E-state index is 0.597. The number of benzene rings is 1. The minimum Gasteiger partial charge on any atom is -0.342 e. The molecule has 0 amide bonds. The molecule has 5 heteroatoms. The molecule has 0 unspecified atom stereocenters. The maximum atomic E-state index is 6.23. The summed E-state index contributed by atoms with van der Waals surface area (Å²) in [5.41, 5.74) is 1.15. The Hall–Kier alpha value is -0.570. The van der Waals surface area contributed by atoms with Gasteiger partial charge in [-0.1, -0.05) is 53.9 Å². The van der Waals surface area contributed by atoms with E-state index in [1.807, 2.05) is 34.1 Å². The van der Waals surface area contributed by atoms with Crippen LogP contribution in [0.15, 0.2) is 34.6 Å². The van der Waals surface area contributed by atoms with E-state index in [0.29, 0.717) is 17.0 Å². The number of rotatable bonds is 4. The smallest absolute Gasteiger partial charge is 0.142 e. The van der Waals surface area contributed by atoms with Crippen LogP contribution in [0.1, 0.15) is 12.0 Å². The Morgan fingerprint density at radius 1 is 1.00 bits per heavy atom. The van der Waals surface area contributed by atoms with Crippen molar-refractivity contribution in [3.8, 4) is 0 Å². The summed E-state index contributed by atoms with van der Waals surface area (Å²) >= 11 is 18.3. The molecule has 0 spiro atoms. The summed E-state index contributed by atoms with van der Waals surface area (Å²) in [6, 6.07) is 7.73. The van der Waals surface area contributed by atoms with E-state index >= 15 is 0 Å². The van der Waals surface area contributed by atoms with E-state index in [9.17, 15) is 0 Å². The van der Waals surface area contributed by atoms with Crippen molar-refractivity contribution in [2.75, 3.05) is 13.2 Å². The highest BCUT2D eigenvalue weighted by molar-refractivity contribution is 6.38. The van der Waals surface area contributed by atoms with Gasteiger partial charge in [-0.05, 0) is 24.1 Å². The number of hydrogen-bond acceptors (Lipinski definition) is 2. The van der Waals surface area contributed by atoms with Crippen LogP contribution in [0.25, 0.3) is 0 Å². The highest BCUT2D eigenvalue weighted by atomic mass is 35.5. The summed E-state index contributed by atoms with van der Waals surface area (Å²) in [6.45, 7) is 6.07. The predicted molar refractivity (Wildman–Crippen MR) is 77.3 cm³/mol. The third kappa shape index (κ3) is 3.05. The van der Waals surface area contributed by atoms with E-state index in [0.717, 1.165) is 30.1 Å². The molecule has 1 radical (unpaired) electrons. The summed E-state index contributed by atoms with van der Waals surface area (Å²) in [5.74, 6) is 0. The van der Waals surface area contributed by atoms with Gasteiger partial charge in [0.25, 0.3) is 0 Å². The van der Waals surface area contributed by atoms with Gasteiger partial charge in [0.2, 0.25) is 0 Å². The second-order valence-electron chi connectivity index (χ2n) is 4.16. The standard InChI is InChI=1S/C13H14Cl3N2/c1-2-7-17-9-18(13(16)12(17)15)8-10-3-5-11(14)6-4-10/h3-6H,1-2,7-9H2. The lowest BCUT2D eigenvalue weighted by Gasteiger charge is -2.22. The first-order chi connectivity index (χ1) is 8.61. The first-order valence-electron chi connectivity index (χ1n) is 5.70. The van der Waals surface area contributed by atoms with Crippen LogP contribution in [0.2, 0.25) is 5.02 Å². The molecule has 1 heterocycles. The molecule has 1 aliphatic rings. The fourth-order valence-corrected chi connectivity index (χ4v) is 2.50. The van der Waals surface area contributed by atoms with Gasteiger partial charge in [0.1, 0.15) is 10.3 Å². The fourth-order valence-electron chi connectivity index (χ4n) is 1.88. The molecule has 2 nitrogen and oxygen atoms in total. The average molecular weight is 305 g/mol. The maximum Gasteiger partial charge on any atom is 0.142 e. The van der Waals surface area contributed by atoms with Gasteiger partial charge in [0.15, 0.2) is 0 Å². The van der Waals surface area contributed by atoms with E-state index in [2.05, 4.69) is 6.92 Å². The molecule has 0 saturated carbocycles. The van der Waals surface area contributed by atoms with Crippen LogP contribution in [-0.4, -0.2) is 23.0 Å². The van der Waals surface area contributed by atoms with E-state index in [1.54, 1.807) is 0 Å². The third-order valence-corrected chi connectivity index (χ3v) is 3.97. The molecule has 1 aromatic carbocycles. The first-order valence-corrected chi connectivity index (χ1v) is 6.84. The Kier molecular flexibility index (Phi) is 4.66. The molecule has 0 saturated heterocycles. The van der Waals surface area contributed by atoms with Gasteiger partial charge in [-0.15, -0.1) is 0 Å². The third-order valence-electron chi connectivity index (χ3n) is 2.78. The Bertz CT molecular complexity index is 442. The summed E-state index contributed by atoms with van der Waals surface area (Å²) in [7, 11) is 0. The summed E-state index contributed by atoms with van der Waals surface area (Å²) < 4.78 is 0. The quantitative estimate of drug-likeness (QED) is 0.768. The number of nitrogens with zero attached hydrogens (tertiary/aromatic N) is 2. The van der Waals surface area contributed by atoms with Gasteiger partial charge >= 0.3 is 0 Å². The molecule has 0 aliphatic carbocycles. The summed E-state index contributed by atoms with van der Waals surface area (Å²) in [4.78, 5) is 4.05. The zero-order valence-corrected chi connectivity index (χ0v) is 12.1. The van der Waals surface area contributed by atoms with Crippen LogP contribution in [-0.2, 0) is 6.54 Å². The van der Waals surface area contributed by atoms with Gasteiger partial charge in [-0.25, -0.2) is 0 Å². The second kappa shape index (κ2) is 6.05. The maximum absolute atomic E-state index is 6.23. The van der Waals surface area contributed by atoms with Gasteiger partial charge in [-0.3, -0.25) is 0 Å². The highest BCUT2D eigenvalue weighted by Gasteiger charge is 2.25. The largest absolute Gasteiger partial charge is 0.342 e. The van der Waals surface area contributed by atoms with E-state index in [1.165, 1.54) is 0 Å². The second-order valence-corrected chi connectivity index (χ2v) is 5.32. The van der Waals surface area contributed by atoms with Crippen LogP contribution in [0.5, 0.6) is 0 Å².